The summed E-state index contributed by atoms with van der Waals surface area (Å²) in [7, 11) is 2.04. The van der Waals surface area contributed by atoms with Crippen molar-refractivity contribution in [2.24, 2.45) is 7.05 Å². The van der Waals surface area contributed by atoms with E-state index in [1.807, 2.05) is 17.9 Å². The van der Waals surface area contributed by atoms with Crippen LogP contribution in [-0.2, 0) is 13.5 Å². The van der Waals surface area contributed by atoms with E-state index in [2.05, 4.69) is 48.5 Å². The quantitative estimate of drug-likeness (QED) is 0.911. The van der Waals surface area contributed by atoms with E-state index in [1.54, 1.807) is 0 Å². The van der Waals surface area contributed by atoms with Gasteiger partial charge in [-0.2, -0.15) is 5.10 Å². The standard InChI is InChI=1S/C17H23N3/c1-12(2)13-6-4-7-14(10-13)19-16-8-5-9-17-15(16)11-18-20(17)3/h4,6-7,10-12,16,19H,5,8-9H2,1-3H3. The normalized spacial score (nSPS) is 18.1. The molecule has 3 heteroatoms. The molecule has 1 aromatic carbocycles. The molecule has 20 heavy (non-hydrogen) atoms. The lowest BCUT2D eigenvalue weighted by Crippen LogP contribution is -2.17. The van der Waals surface area contributed by atoms with E-state index in [9.17, 15) is 0 Å². The van der Waals surface area contributed by atoms with Gasteiger partial charge in [0.05, 0.1) is 12.2 Å². The second kappa shape index (κ2) is 5.31. The van der Waals surface area contributed by atoms with Crippen LogP contribution >= 0.6 is 0 Å². The first-order chi connectivity index (χ1) is 9.65. The Morgan fingerprint density at radius 1 is 1.35 bits per heavy atom. The Hall–Kier alpha value is -1.77. The van der Waals surface area contributed by atoms with Crippen LogP contribution in [0.3, 0.4) is 0 Å². The summed E-state index contributed by atoms with van der Waals surface area (Å²) in [6.45, 7) is 4.47. The van der Waals surface area contributed by atoms with Crippen molar-refractivity contribution in [3.05, 3.63) is 47.3 Å². The lowest BCUT2D eigenvalue weighted by Gasteiger charge is -2.25. The summed E-state index contributed by atoms with van der Waals surface area (Å²) in [6.07, 6.45) is 5.59. The number of aromatic nitrogens is 2. The highest BCUT2D eigenvalue weighted by Gasteiger charge is 2.23. The van der Waals surface area contributed by atoms with Crippen molar-refractivity contribution >= 4 is 5.69 Å². The van der Waals surface area contributed by atoms with E-state index in [0.29, 0.717) is 12.0 Å². The number of hydrogen-bond acceptors (Lipinski definition) is 2. The van der Waals surface area contributed by atoms with Gasteiger partial charge in [0.1, 0.15) is 0 Å². The highest BCUT2D eigenvalue weighted by atomic mass is 15.3. The van der Waals surface area contributed by atoms with Gasteiger partial charge in [0, 0.05) is 24.0 Å². The number of benzene rings is 1. The van der Waals surface area contributed by atoms with Gasteiger partial charge in [0.2, 0.25) is 0 Å². The van der Waals surface area contributed by atoms with Crippen molar-refractivity contribution in [2.45, 2.75) is 45.1 Å². The molecule has 0 radical (unpaired) electrons. The topological polar surface area (TPSA) is 29.9 Å². The number of nitrogens with one attached hydrogen (secondary N) is 1. The van der Waals surface area contributed by atoms with Crippen LogP contribution in [-0.4, -0.2) is 9.78 Å². The van der Waals surface area contributed by atoms with E-state index < -0.39 is 0 Å². The van der Waals surface area contributed by atoms with Crippen LogP contribution in [0.5, 0.6) is 0 Å². The first-order valence-corrected chi connectivity index (χ1v) is 7.52. The number of anilines is 1. The van der Waals surface area contributed by atoms with Gasteiger partial charge in [-0.05, 0) is 42.9 Å². The Bertz CT molecular complexity index is 598. The van der Waals surface area contributed by atoms with Gasteiger partial charge in [-0.25, -0.2) is 0 Å². The van der Waals surface area contributed by atoms with Crippen LogP contribution in [0.1, 0.15) is 55.5 Å². The van der Waals surface area contributed by atoms with Crippen LogP contribution in [0, 0.1) is 0 Å². The minimum Gasteiger partial charge on any atom is -0.378 e. The van der Waals surface area contributed by atoms with Gasteiger partial charge in [-0.3, -0.25) is 4.68 Å². The Balaban J connectivity index is 1.84. The van der Waals surface area contributed by atoms with Gasteiger partial charge < -0.3 is 5.32 Å². The fourth-order valence-corrected chi connectivity index (χ4v) is 3.04. The molecule has 0 fully saturated rings. The van der Waals surface area contributed by atoms with E-state index in [-0.39, 0.29) is 0 Å². The molecule has 1 N–H and O–H groups in total. The maximum Gasteiger partial charge on any atom is 0.0547 e. The highest BCUT2D eigenvalue weighted by Crippen LogP contribution is 2.32. The predicted octanol–water partition coefficient (Wildman–Crippen LogP) is 4.03. The summed E-state index contributed by atoms with van der Waals surface area (Å²) in [5.41, 5.74) is 5.36. The van der Waals surface area contributed by atoms with Gasteiger partial charge >= 0.3 is 0 Å². The number of nitrogens with zero attached hydrogens (tertiary/aromatic N) is 2. The summed E-state index contributed by atoms with van der Waals surface area (Å²) in [6, 6.07) is 9.18. The fraction of sp³-hybridized carbons (Fsp3) is 0.471. The highest BCUT2D eigenvalue weighted by molar-refractivity contribution is 5.49. The van der Waals surface area contributed by atoms with Crippen molar-refractivity contribution in [1.82, 2.24) is 9.78 Å². The summed E-state index contributed by atoms with van der Waals surface area (Å²) in [4.78, 5) is 0. The zero-order chi connectivity index (χ0) is 14.1. The van der Waals surface area contributed by atoms with Crippen LogP contribution in [0.25, 0.3) is 0 Å². The van der Waals surface area contributed by atoms with E-state index in [1.165, 1.54) is 35.3 Å². The molecule has 0 amide bonds. The van der Waals surface area contributed by atoms with Crippen molar-refractivity contribution in [1.29, 1.82) is 0 Å². The number of rotatable bonds is 3. The molecule has 1 heterocycles. The molecule has 1 aliphatic carbocycles. The molecule has 3 nitrogen and oxygen atoms in total. The van der Waals surface area contributed by atoms with Gasteiger partial charge in [-0.1, -0.05) is 26.0 Å². The third-order valence-corrected chi connectivity index (χ3v) is 4.27. The van der Waals surface area contributed by atoms with Crippen molar-refractivity contribution in [3.63, 3.8) is 0 Å². The molecular formula is C17H23N3. The molecule has 0 saturated carbocycles. The van der Waals surface area contributed by atoms with E-state index in [4.69, 9.17) is 0 Å². The predicted molar refractivity (Wildman–Crippen MR) is 83.0 cm³/mol. The maximum atomic E-state index is 4.41. The van der Waals surface area contributed by atoms with Crippen LogP contribution in [0.15, 0.2) is 30.5 Å². The molecule has 1 aliphatic rings. The molecule has 1 unspecified atom stereocenters. The average Bonchev–Trinajstić information content (AvgIpc) is 2.82. The number of aryl methyl sites for hydroxylation is 1. The molecule has 1 aromatic heterocycles. The lowest BCUT2D eigenvalue weighted by molar-refractivity contribution is 0.571. The zero-order valence-corrected chi connectivity index (χ0v) is 12.6. The third-order valence-electron chi connectivity index (χ3n) is 4.27. The van der Waals surface area contributed by atoms with Crippen LogP contribution in [0.2, 0.25) is 0 Å². The number of hydrogen-bond donors (Lipinski definition) is 1. The van der Waals surface area contributed by atoms with E-state index >= 15 is 0 Å². The van der Waals surface area contributed by atoms with Crippen molar-refractivity contribution < 1.29 is 0 Å². The Labute approximate surface area is 121 Å². The molecule has 106 valence electrons. The Morgan fingerprint density at radius 3 is 3.00 bits per heavy atom. The molecule has 1 atom stereocenters. The van der Waals surface area contributed by atoms with Crippen LogP contribution < -0.4 is 5.32 Å². The second-order valence-electron chi connectivity index (χ2n) is 6.04. The number of fused-ring (bicyclic) bond motifs is 1. The average molecular weight is 269 g/mol. The first kappa shape index (κ1) is 13.2. The summed E-state index contributed by atoms with van der Waals surface area (Å²) in [5.74, 6) is 0.567. The molecule has 0 saturated heterocycles. The third kappa shape index (κ3) is 2.45. The van der Waals surface area contributed by atoms with Crippen LogP contribution in [0.4, 0.5) is 5.69 Å². The smallest absolute Gasteiger partial charge is 0.0547 e. The largest absolute Gasteiger partial charge is 0.378 e. The van der Waals surface area contributed by atoms with Crippen molar-refractivity contribution in [3.8, 4) is 0 Å². The fourth-order valence-electron chi connectivity index (χ4n) is 3.04. The summed E-state index contributed by atoms with van der Waals surface area (Å²) >= 11 is 0. The first-order valence-electron chi connectivity index (χ1n) is 7.52. The van der Waals surface area contributed by atoms with Gasteiger partial charge in [0.25, 0.3) is 0 Å². The van der Waals surface area contributed by atoms with E-state index in [0.717, 1.165) is 6.42 Å². The zero-order valence-electron chi connectivity index (χ0n) is 12.6. The molecule has 0 spiro atoms. The SMILES string of the molecule is CC(C)c1cccc(NC2CCCc3c2cnn3C)c1. The maximum absolute atomic E-state index is 4.41. The minimum absolute atomic E-state index is 0.398. The second-order valence-corrected chi connectivity index (χ2v) is 6.04. The molecular weight excluding hydrogens is 246 g/mol. The van der Waals surface area contributed by atoms with Gasteiger partial charge in [-0.15, -0.1) is 0 Å². The summed E-state index contributed by atoms with van der Waals surface area (Å²) in [5, 5.41) is 8.10. The van der Waals surface area contributed by atoms with Gasteiger partial charge in [0.15, 0.2) is 0 Å². The molecule has 0 bridgehead atoms. The van der Waals surface area contributed by atoms with Crippen molar-refractivity contribution in [2.75, 3.05) is 5.32 Å². The minimum atomic E-state index is 0.398. The Kier molecular flexibility index (Phi) is 3.51. The molecule has 3 rings (SSSR count). The monoisotopic (exact) mass is 269 g/mol. The molecule has 2 aromatic rings. The lowest BCUT2D eigenvalue weighted by atomic mass is 9.92. The summed E-state index contributed by atoms with van der Waals surface area (Å²) < 4.78 is 2.02. The Morgan fingerprint density at radius 2 is 2.20 bits per heavy atom. The molecule has 0 aliphatic heterocycles.